The molecule has 2 aliphatic rings. The number of likely N-dealkylation sites (tertiary alicyclic amines) is 1. The molecular weight excluding hydrogens is 341 g/mol. The topological polar surface area (TPSA) is 70.5 Å². The molecule has 1 atom stereocenters. The molecule has 1 aromatic rings. The zero-order valence-electron chi connectivity index (χ0n) is 12.9. The number of piperazine rings is 1. The maximum absolute atomic E-state index is 12.3. The minimum Gasteiger partial charge on any atom is -0.339 e. The van der Waals surface area contributed by atoms with Gasteiger partial charge in [-0.05, 0) is 18.9 Å². The van der Waals surface area contributed by atoms with Crippen molar-refractivity contribution >= 4 is 36.6 Å². The Labute approximate surface area is 148 Å². The summed E-state index contributed by atoms with van der Waals surface area (Å²) < 4.78 is 1.64. The second kappa shape index (κ2) is 9.10. The molecule has 2 fully saturated rings. The van der Waals surface area contributed by atoms with Gasteiger partial charge in [0.15, 0.2) is 0 Å². The summed E-state index contributed by atoms with van der Waals surface area (Å²) >= 11 is 0. The minimum atomic E-state index is 0. The summed E-state index contributed by atoms with van der Waals surface area (Å²) in [5.41, 5.74) is 0. The van der Waals surface area contributed by atoms with Crippen LogP contribution in [-0.4, -0.2) is 70.2 Å². The lowest BCUT2D eigenvalue weighted by Gasteiger charge is -2.41. The van der Waals surface area contributed by atoms with Crippen molar-refractivity contribution in [2.24, 2.45) is 0 Å². The van der Waals surface area contributed by atoms with Crippen molar-refractivity contribution in [2.45, 2.75) is 25.4 Å². The summed E-state index contributed by atoms with van der Waals surface area (Å²) in [5, 5.41) is 7.15. The van der Waals surface area contributed by atoms with Crippen molar-refractivity contribution in [3.05, 3.63) is 18.5 Å². The molecule has 3 heterocycles. The van der Waals surface area contributed by atoms with E-state index in [0.29, 0.717) is 13.1 Å². The van der Waals surface area contributed by atoms with Crippen LogP contribution in [0.2, 0.25) is 0 Å². The maximum atomic E-state index is 12.3. The first kappa shape index (κ1) is 19.7. The van der Waals surface area contributed by atoms with Crippen molar-refractivity contribution in [2.75, 3.05) is 32.7 Å². The molecule has 0 saturated carbocycles. The number of nitrogens with zero attached hydrogens (tertiary/aromatic N) is 4. The third kappa shape index (κ3) is 4.83. The Morgan fingerprint density at radius 1 is 1.35 bits per heavy atom. The number of carbonyl (C=O) groups is 2. The van der Waals surface area contributed by atoms with Gasteiger partial charge in [-0.1, -0.05) is 0 Å². The van der Waals surface area contributed by atoms with Crippen molar-refractivity contribution in [1.82, 2.24) is 24.9 Å². The zero-order valence-corrected chi connectivity index (χ0v) is 14.5. The number of nitrogens with one attached hydrogen (secondary N) is 1. The summed E-state index contributed by atoms with van der Waals surface area (Å²) in [6, 6.07) is 1.97. The smallest absolute Gasteiger partial charge is 0.244 e. The van der Waals surface area contributed by atoms with E-state index < -0.39 is 0 Å². The molecule has 2 amide bonds. The molecule has 0 radical (unpaired) electrons. The number of carbonyl (C=O) groups excluding carboxylic acids is 2. The van der Waals surface area contributed by atoms with Crippen LogP contribution in [0.4, 0.5) is 0 Å². The number of halogens is 2. The van der Waals surface area contributed by atoms with Crippen LogP contribution in [0.5, 0.6) is 0 Å². The van der Waals surface area contributed by atoms with Gasteiger partial charge in [0.05, 0.1) is 6.54 Å². The van der Waals surface area contributed by atoms with Crippen LogP contribution in [-0.2, 0) is 16.1 Å². The van der Waals surface area contributed by atoms with Crippen LogP contribution in [0.1, 0.15) is 12.8 Å². The number of amides is 2. The SMILES string of the molecule is Cl.Cl.O=C(Cn1cccn1)N1CCCC(N2CCNCC2=O)C1. The van der Waals surface area contributed by atoms with E-state index in [-0.39, 0.29) is 49.2 Å². The predicted molar refractivity (Wildman–Crippen MR) is 90.9 cm³/mol. The molecule has 1 N–H and O–H groups in total. The summed E-state index contributed by atoms with van der Waals surface area (Å²) in [7, 11) is 0. The molecular formula is C14H23Cl2N5O2. The molecule has 23 heavy (non-hydrogen) atoms. The van der Waals surface area contributed by atoms with Gasteiger partial charge in [0.25, 0.3) is 0 Å². The highest BCUT2D eigenvalue weighted by molar-refractivity contribution is 5.85. The van der Waals surface area contributed by atoms with Gasteiger partial charge in [0.1, 0.15) is 6.54 Å². The molecule has 0 bridgehead atoms. The third-order valence-electron chi connectivity index (χ3n) is 4.17. The van der Waals surface area contributed by atoms with Crippen molar-refractivity contribution < 1.29 is 9.59 Å². The highest BCUT2D eigenvalue weighted by Gasteiger charge is 2.31. The Hall–Kier alpha value is -1.31. The standard InChI is InChI=1S/C14H21N5O2.2ClH/c20-13-9-15-5-8-19(13)12-3-1-6-17(10-12)14(21)11-18-7-2-4-16-18;;/h2,4,7,12,15H,1,3,5-6,8-11H2;2*1H. The van der Waals surface area contributed by atoms with Crippen LogP contribution >= 0.6 is 24.8 Å². The number of hydrogen-bond acceptors (Lipinski definition) is 4. The molecule has 0 aliphatic carbocycles. The molecule has 0 spiro atoms. The molecule has 7 nitrogen and oxygen atoms in total. The van der Waals surface area contributed by atoms with Gasteiger partial charge in [-0.2, -0.15) is 5.10 Å². The highest BCUT2D eigenvalue weighted by atomic mass is 35.5. The van der Waals surface area contributed by atoms with E-state index in [9.17, 15) is 9.59 Å². The second-order valence-corrected chi connectivity index (χ2v) is 5.60. The van der Waals surface area contributed by atoms with Gasteiger partial charge in [-0.3, -0.25) is 14.3 Å². The van der Waals surface area contributed by atoms with E-state index in [1.165, 1.54) is 0 Å². The molecule has 2 aliphatic heterocycles. The summed E-state index contributed by atoms with van der Waals surface area (Å²) in [6.45, 7) is 3.68. The Morgan fingerprint density at radius 2 is 2.17 bits per heavy atom. The first-order valence-electron chi connectivity index (χ1n) is 7.49. The first-order valence-corrected chi connectivity index (χ1v) is 7.49. The largest absolute Gasteiger partial charge is 0.339 e. The minimum absolute atomic E-state index is 0. The Kier molecular flexibility index (Phi) is 7.81. The third-order valence-corrected chi connectivity index (χ3v) is 4.17. The van der Waals surface area contributed by atoms with Crippen LogP contribution in [0.3, 0.4) is 0 Å². The monoisotopic (exact) mass is 363 g/mol. The van der Waals surface area contributed by atoms with Crippen LogP contribution in [0.15, 0.2) is 18.5 Å². The van der Waals surface area contributed by atoms with Crippen molar-refractivity contribution in [1.29, 1.82) is 0 Å². The second-order valence-electron chi connectivity index (χ2n) is 5.60. The lowest BCUT2D eigenvalue weighted by atomic mass is 10.0. The van der Waals surface area contributed by atoms with Crippen molar-refractivity contribution in [3.63, 3.8) is 0 Å². The summed E-state index contributed by atoms with van der Waals surface area (Å²) in [5.74, 6) is 0.221. The molecule has 130 valence electrons. The van der Waals surface area contributed by atoms with Crippen LogP contribution < -0.4 is 5.32 Å². The molecule has 1 unspecified atom stereocenters. The molecule has 1 aromatic heterocycles. The number of aromatic nitrogens is 2. The van der Waals surface area contributed by atoms with Gasteiger partial charge >= 0.3 is 0 Å². The zero-order chi connectivity index (χ0) is 14.7. The number of rotatable bonds is 3. The molecule has 3 rings (SSSR count). The molecule has 0 aromatic carbocycles. The average molecular weight is 364 g/mol. The quantitative estimate of drug-likeness (QED) is 0.829. The predicted octanol–water partition coefficient (Wildman–Crippen LogP) is 0.150. The number of hydrogen-bond donors (Lipinski definition) is 1. The van der Waals surface area contributed by atoms with E-state index >= 15 is 0 Å². The molecule has 9 heteroatoms. The van der Waals surface area contributed by atoms with Gasteiger partial charge in [0.2, 0.25) is 11.8 Å². The van der Waals surface area contributed by atoms with E-state index in [2.05, 4.69) is 10.4 Å². The van der Waals surface area contributed by atoms with Gasteiger partial charge in [-0.15, -0.1) is 24.8 Å². The Bertz CT molecular complexity index is 511. The summed E-state index contributed by atoms with van der Waals surface area (Å²) in [6.07, 6.45) is 5.40. The fraction of sp³-hybridized carbons (Fsp3) is 0.643. The molecule has 2 saturated heterocycles. The maximum Gasteiger partial charge on any atom is 0.244 e. The first-order chi connectivity index (χ1) is 10.2. The van der Waals surface area contributed by atoms with E-state index in [1.54, 1.807) is 17.1 Å². The van der Waals surface area contributed by atoms with E-state index in [4.69, 9.17) is 0 Å². The van der Waals surface area contributed by atoms with Gasteiger partial charge in [-0.25, -0.2) is 0 Å². The van der Waals surface area contributed by atoms with Crippen molar-refractivity contribution in [3.8, 4) is 0 Å². The van der Waals surface area contributed by atoms with Crippen LogP contribution in [0.25, 0.3) is 0 Å². The van der Waals surface area contributed by atoms with Crippen LogP contribution in [0, 0.1) is 0 Å². The van der Waals surface area contributed by atoms with E-state index in [0.717, 1.165) is 32.5 Å². The Morgan fingerprint density at radius 3 is 2.87 bits per heavy atom. The summed E-state index contributed by atoms with van der Waals surface area (Å²) in [4.78, 5) is 28.1. The fourth-order valence-electron chi connectivity index (χ4n) is 3.08. The average Bonchev–Trinajstić information content (AvgIpc) is 3.01. The van der Waals surface area contributed by atoms with Gasteiger partial charge < -0.3 is 15.1 Å². The van der Waals surface area contributed by atoms with Gasteiger partial charge in [0, 0.05) is 44.6 Å². The normalized spacial score (nSPS) is 21.4. The fourth-order valence-corrected chi connectivity index (χ4v) is 3.08. The Balaban J connectivity index is 0.00000132. The van der Waals surface area contributed by atoms with E-state index in [1.807, 2.05) is 15.9 Å². The lowest BCUT2D eigenvalue weighted by Crippen LogP contribution is -2.57. The number of piperidine rings is 1. The lowest BCUT2D eigenvalue weighted by molar-refractivity contribution is -0.140. The highest BCUT2D eigenvalue weighted by Crippen LogP contribution is 2.17.